The van der Waals surface area contributed by atoms with Crippen LogP contribution in [0.5, 0.6) is 5.75 Å². The van der Waals surface area contributed by atoms with Gasteiger partial charge in [0.15, 0.2) is 0 Å². The first-order chi connectivity index (χ1) is 10.5. The second-order valence-electron chi connectivity index (χ2n) is 8.30. The number of ether oxygens (including phenoxy) is 1. The topological polar surface area (TPSA) is 9.23 Å². The Bertz CT molecular complexity index is 643. The number of aryl methyl sites for hydroxylation is 1. The highest BCUT2D eigenvalue weighted by atomic mass is 16.5. The van der Waals surface area contributed by atoms with Gasteiger partial charge in [-0.2, -0.15) is 0 Å². The summed E-state index contributed by atoms with van der Waals surface area (Å²) in [5, 5.41) is 0. The summed E-state index contributed by atoms with van der Waals surface area (Å²) in [7, 11) is 1.76. The van der Waals surface area contributed by atoms with Crippen molar-refractivity contribution in [3.63, 3.8) is 0 Å². The predicted molar refractivity (Wildman–Crippen MR) is 92.0 cm³/mol. The molecule has 1 heteroatoms. The van der Waals surface area contributed by atoms with E-state index in [-0.39, 0.29) is 0 Å². The van der Waals surface area contributed by atoms with E-state index in [9.17, 15) is 0 Å². The highest BCUT2D eigenvalue weighted by Gasteiger charge is 2.56. The van der Waals surface area contributed by atoms with E-state index < -0.39 is 0 Å². The van der Waals surface area contributed by atoms with Gasteiger partial charge in [-0.15, -0.1) is 0 Å². The molecule has 0 N–H and O–H groups in total. The highest BCUT2D eigenvalue weighted by molar-refractivity contribution is 5.76. The van der Waals surface area contributed by atoms with Crippen molar-refractivity contribution in [2.45, 2.75) is 52.9 Å². The third-order valence-electron chi connectivity index (χ3n) is 7.46. The monoisotopic (exact) mass is 296 g/mol. The molecule has 1 aromatic carbocycles. The third kappa shape index (κ3) is 1.71. The quantitative estimate of drug-likeness (QED) is 0.666. The first-order valence-electron chi connectivity index (χ1n) is 8.87. The van der Waals surface area contributed by atoms with E-state index in [0.717, 1.165) is 17.6 Å². The van der Waals surface area contributed by atoms with Crippen LogP contribution in [0, 0.1) is 22.7 Å². The molecular weight excluding hydrogens is 268 g/mol. The Balaban J connectivity index is 1.83. The lowest BCUT2D eigenvalue weighted by Gasteiger charge is -2.53. The Morgan fingerprint density at radius 3 is 2.77 bits per heavy atom. The number of methoxy groups -OCH3 is 1. The van der Waals surface area contributed by atoms with Crippen LogP contribution in [0.4, 0.5) is 0 Å². The standard InChI is InChI=1S/C21H28O/c1-14-5-8-19-20(14,2)12-10-18-17-7-6-16(22-4)13-15(17)9-11-21(18,19)3/h6-7,10,13-14,19H,5,8-9,11-12H2,1-4H3/t14-,19?,20+,21+/m0/s1. The lowest BCUT2D eigenvalue weighted by Crippen LogP contribution is -2.44. The molecule has 0 heterocycles. The zero-order valence-corrected chi connectivity index (χ0v) is 14.4. The Hall–Kier alpha value is -1.24. The van der Waals surface area contributed by atoms with Crippen LogP contribution in [-0.4, -0.2) is 7.11 Å². The van der Waals surface area contributed by atoms with Crippen molar-refractivity contribution in [3.8, 4) is 5.75 Å². The minimum atomic E-state index is 0.374. The largest absolute Gasteiger partial charge is 0.497 e. The van der Waals surface area contributed by atoms with Crippen LogP contribution >= 0.6 is 0 Å². The molecular formula is C21H28O. The maximum Gasteiger partial charge on any atom is 0.119 e. The van der Waals surface area contributed by atoms with Gasteiger partial charge in [0.2, 0.25) is 0 Å². The fourth-order valence-electron chi connectivity index (χ4n) is 5.84. The maximum atomic E-state index is 5.42. The molecule has 0 aromatic heterocycles. The van der Waals surface area contributed by atoms with Crippen molar-refractivity contribution in [1.82, 2.24) is 0 Å². The molecule has 0 amide bonds. The molecule has 0 aliphatic heterocycles. The maximum absolute atomic E-state index is 5.42. The summed E-state index contributed by atoms with van der Waals surface area (Å²) in [6.45, 7) is 7.58. The van der Waals surface area contributed by atoms with Gasteiger partial charge in [0.05, 0.1) is 7.11 Å². The molecule has 4 rings (SSSR count). The van der Waals surface area contributed by atoms with Crippen LogP contribution in [0.2, 0.25) is 0 Å². The Labute approximate surface area is 134 Å². The summed E-state index contributed by atoms with van der Waals surface area (Å²) in [5.41, 5.74) is 5.50. The zero-order chi connectivity index (χ0) is 15.5. The fourth-order valence-corrected chi connectivity index (χ4v) is 5.84. The molecule has 1 fully saturated rings. The van der Waals surface area contributed by atoms with Crippen LogP contribution < -0.4 is 4.74 Å². The molecule has 0 bridgehead atoms. The number of benzene rings is 1. The van der Waals surface area contributed by atoms with E-state index in [2.05, 4.69) is 45.0 Å². The Morgan fingerprint density at radius 2 is 2.00 bits per heavy atom. The molecule has 1 saturated carbocycles. The average Bonchev–Trinajstić information content (AvgIpc) is 2.83. The highest BCUT2D eigenvalue weighted by Crippen LogP contribution is 2.66. The van der Waals surface area contributed by atoms with Gasteiger partial charge in [-0.25, -0.2) is 0 Å². The number of allylic oxidation sites excluding steroid dienone is 2. The SMILES string of the molecule is COc1ccc2c(c1)CC[C@]1(C)C2=CC[C@@]2(C)C1CC[C@@H]2C. The minimum absolute atomic E-state index is 0.374. The molecule has 1 aromatic rings. The van der Waals surface area contributed by atoms with Gasteiger partial charge in [0, 0.05) is 0 Å². The minimum Gasteiger partial charge on any atom is -0.497 e. The lowest BCUT2D eigenvalue weighted by molar-refractivity contribution is 0.0713. The average molecular weight is 296 g/mol. The van der Waals surface area contributed by atoms with Crippen LogP contribution in [-0.2, 0) is 6.42 Å². The first-order valence-corrected chi connectivity index (χ1v) is 8.87. The van der Waals surface area contributed by atoms with Crippen molar-refractivity contribution in [2.24, 2.45) is 22.7 Å². The van der Waals surface area contributed by atoms with Crippen molar-refractivity contribution in [3.05, 3.63) is 35.4 Å². The predicted octanol–water partition coefficient (Wildman–Crippen LogP) is 5.49. The van der Waals surface area contributed by atoms with Crippen LogP contribution in [0.3, 0.4) is 0 Å². The number of hydrogen-bond acceptors (Lipinski definition) is 1. The van der Waals surface area contributed by atoms with E-state index in [1.54, 1.807) is 12.7 Å². The Kier molecular flexibility index (Phi) is 3.02. The first kappa shape index (κ1) is 14.4. The number of hydrogen-bond donors (Lipinski definition) is 0. The Morgan fingerprint density at radius 1 is 1.18 bits per heavy atom. The summed E-state index contributed by atoms with van der Waals surface area (Å²) in [6.07, 6.45) is 9.16. The number of fused-ring (bicyclic) bond motifs is 5. The molecule has 4 atom stereocenters. The van der Waals surface area contributed by atoms with Crippen LogP contribution in [0.1, 0.15) is 57.6 Å². The second kappa shape index (κ2) is 4.63. The van der Waals surface area contributed by atoms with Gasteiger partial charge in [-0.1, -0.05) is 32.9 Å². The molecule has 1 nitrogen and oxygen atoms in total. The number of rotatable bonds is 1. The van der Waals surface area contributed by atoms with Crippen molar-refractivity contribution < 1.29 is 4.74 Å². The zero-order valence-electron chi connectivity index (χ0n) is 14.4. The van der Waals surface area contributed by atoms with Crippen molar-refractivity contribution >= 4 is 5.57 Å². The molecule has 22 heavy (non-hydrogen) atoms. The normalized spacial score (nSPS) is 39.5. The van der Waals surface area contributed by atoms with Gasteiger partial charge >= 0.3 is 0 Å². The van der Waals surface area contributed by atoms with E-state index in [4.69, 9.17) is 4.74 Å². The molecule has 0 saturated heterocycles. The fraction of sp³-hybridized carbons (Fsp3) is 0.619. The molecule has 3 aliphatic carbocycles. The molecule has 0 spiro atoms. The van der Waals surface area contributed by atoms with Crippen LogP contribution in [0.25, 0.3) is 5.57 Å². The summed E-state index contributed by atoms with van der Waals surface area (Å²) in [6, 6.07) is 6.69. The summed E-state index contributed by atoms with van der Waals surface area (Å²) in [5.74, 6) is 2.72. The summed E-state index contributed by atoms with van der Waals surface area (Å²) < 4.78 is 5.42. The summed E-state index contributed by atoms with van der Waals surface area (Å²) in [4.78, 5) is 0. The van der Waals surface area contributed by atoms with Crippen molar-refractivity contribution in [1.29, 1.82) is 0 Å². The van der Waals surface area contributed by atoms with Gasteiger partial charge in [-0.05, 0) is 83.6 Å². The van der Waals surface area contributed by atoms with Gasteiger partial charge in [0.1, 0.15) is 5.75 Å². The van der Waals surface area contributed by atoms with E-state index in [1.807, 2.05) is 0 Å². The molecule has 0 radical (unpaired) electrons. The van der Waals surface area contributed by atoms with Crippen LogP contribution in [0.15, 0.2) is 24.3 Å². The van der Waals surface area contributed by atoms with Gasteiger partial charge in [-0.3, -0.25) is 0 Å². The summed E-state index contributed by atoms with van der Waals surface area (Å²) >= 11 is 0. The second-order valence-corrected chi connectivity index (χ2v) is 8.30. The third-order valence-corrected chi connectivity index (χ3v) is 7.46. The van der Waals surface area contributed by atoms with E-state index in [0.29, 0.717) is 10.8 Å². The van der Waals surface area contributed by atoms with E-state index >= 15 is 0 Å². The smallest absolute Gasteiger partial charge is 0.119 e. The van der Waals surface area contributed by atoms with Crippen molar-refractivity contribution in [2.75, 3.05) is 7.11 Å². The lowest BCUT2D eigenvalue weighted by atomic mass is 9.51. The molecule has 3 aliphatic rings. The van der Waals surface area contributed by atoms with Gasteiger partial charge in [0.25, 0.3) is 0 Å². The molecule has 118 valence electrons. The van der Waals surface area contributed by atoms with Gasteiger partial charge < -0.3 is 4.74 Å². The van der Waals surface area contributed by atoms with E-state index in [1.165, 1.54) is 43.2 Å². The molecule has 1 unspecified atom stereocenters.